The number of ether oxygens (including phenoxy) is 3. The molecule has 3 N–H and O–H groups in total. The van der Waals surface area contributed by atoms with Crippen molar-refractivity contribution in [3.63, 3.8) is 0 Å². The third-order valence-electron chi connectivity index (χ3n) is 5.24. The van der Waals surface area contributed by atoms with Crippen molar-refractivity contribution in [3.05, 3.63) is 0 Å². The zero-order valence-electron chi connectivity index (χ0n) is 19.6. The standard InChI is InChI=1S/C21H42N2O6Si/c1-7-28-18(24)22-16-21(4)14-17(13-20(2,3)15-21)23-19(25)29-11-10-27-9-8-12-30(5,6)26/h17,26H,7-16H2,1-6H3,(H,22,24)(H,23,25). The van der Waals surface area contributed by atoms with Crippen molar-refractivity contribution >= 4 is 20.5 Å². The van der Waals surface area contributed by atoms with Crippen LogP contribution in [0.15, 0.2) is 0 Å². The first-order valence-electron chi connectivity index (χ1n) is 11.0. The lowest BCUT2D eigenvalue weighted by Gasteiger charge is -2.46. The van der Waals surface area contributed by atoms with E-state index in [9.17, 15) is 14.4 Å². The summed E-state index contributed by atoms with van der Waals surface area (Å²) in [6, 6.07) is 0.781. The van der Waals surface area contributed by atoms with Crippen molar-refractivity contribution < 1.29 is 28.6 Å². The van der Waals surface area contributed by atoms with E-state index in [0.717, 1.165) is 31.7 Å². The van der Waals surface area contributed by atoms with E-state index in [1.54, 1.807) is 6.92 Å². The molecular formula is C21H42N2O6Si. The summed E-state index contributed by atoms with van der Waals surface area (Å²) in [5, 5.41) is 5.81. The highest BCUT2D eigenvalue weighted by molar-refractivity contribution is 6.69. The molecule has 176 valence electrons. The molecule has 30 heavy (non-hydrogen) atoms. The minimum atomic E-state index is -2.01. The van der Waals surface area contributed by atoms with Gasteiger partial charge in [-0.1, -0.05) is 20.8 Å². The fourth-order valence-electron chi connectivity index (χ4n) is 4.45. The molecule has 1 rings (SSSR count). The van der Waals surface area contributed by atoms with E-state index in [4.69, 9.17) is 14.2 Å². The Hall–Kier alpha value is -1.32. The SMILES string of the molecule is CCOC(=O)NCC1(C)CC(NC(=O)OCCOCCC[Si](C)(C)O)CC(C)(C)C1. The number of carbonyl (C=O) groups excluding carboxylic acids is 2. The Kier molecular flexibility index (Phi) is 10.6. The quantitative estimate of drug-likeness (QED) is 0.330. The maximum absolute atomic E-state index is 12.2. The summed E-state index contributed by atoms with van der Waals surface area (Å²) in [5.41, 5.74) is -0.104. The monoisotopic (exact) mass is 446 g/mol. The van der Waals surface area contributed by atoms with E-state index in [1.165, 1.54) is 0 Å². The van der Waals surface area contributed by atoms with Crippen molar-refractivity contribution in [2.45, 2.75) is 78.6 Å². The zero-order valence-corrected chi connectivity index (χ0v) is 20.6. The van der Waals surface area contributed by atoms with E-state index in [0.29, 0.717) is 26.4 Å². The Morgan fingerprint density at radius 2 is 1.77 bits per heavy atom. The molecule has 1 saturated carbocycles. The predicted molar refractivity (Wildman–Crippen MR) is 119 cm³/mol. The number of alkyl carbamates (subject to hydrolysis) is 2. The molecule has 1 aliphatic carbocycles. The molecule has 2 amide bonds. The topological polar surface area (TPSA) is 106 Å². The van der Waals surface area contributed by atoms with Crippen molar-refractivity contribution in [3.8, 4) is 0 Å². The van der Waals surface area contributed by atoms with Crippen LogP contribution in [0, 0.1) is 10.8 Å². The second-order valence-corrected chi connectivity index (χ2v) is 14.3. The number of nitrogens with one attached hydrogen (secondary N) is 2. The lowest BCUT2D eigenvalue weighted by atomic mass is 9.62. The molecule has 0 spiro atoms. The van der Waals surface area contributed by atoms with Gasteiger partial charge in [0.15, 0.2) is 8.32 Å². The smallest absolute Gasteiger partial charge is 0.407 e. The zero-order chi connectivity index (χ0) is 22.8. The number of hydrogen-bond donors (Lipinski definition) is 3. The van der Waals surface area contributed by atoms with Gasteiger partial charge >= 0.3 is 12.2 Å². The minimum Gasteiger partial charge on any atom is -0.450 e. The van der Waals surface area contributed by atoms with E-state index < -0.39 is 20.5 Å². The Labute approximate surface area is 182 Å². The molecule has 0 bridgehead atoms. The number of amides is 2. The molecule has 8 nitrogen and oxygen atoms in total. The van der Waals surface area contributed by atoms with Crippen LogP contribution in [0.1, 0.15) is 53.4 Å². The molecule has 0 heterocycles. The molecule has 0 aromatic rings. The summed E-state index contributed by atoms with van der Waals surface area (Å²) in [7, 11) is -2.01. The summed E-state index contributed by atoms with van der Waals surface area (Å²) < 4.78 is 15.7. The molecule has 0 aromatic heterocycles. The van der Waals surface area contributed by atoms with Crippen LogP contribution in [-0.2, 0) is 14.2 Å². The molecule has 1 fully saturated rings. The van der Waals surface area contributed by atoms with Gasteiger partial charge in [0.1, 0.15) is 6.61 Å². The van der Waals surface area contributed by atoms with Gasteiger partial charge in [0, 0.05) is 19.2 Å². The van der Waals surface area contributed by atoms with E-state index >= 15 is 0 Å². The van der Waals surface area contributed by atoms with Gasteiger partial charge in [0.2, 0.25) is 0 Å². The molecule has 1 aliphatic rings. The molecular weight excluding hydrogens is 404 g/mol. The van der Waals surface area contributed by atoms with Gasteiger partial charge in [0.25, 0.3) is 0 Å². The van der Waals surface area contributed by atoms with Crippen molar-refractivity contribution in [1.29, 1.82) is 0 Å². The Morgan fingerprint density at radius 1 is 1.07 bits per heavy atom. The first kappa shape index (κ1) is 26.7. The van der Waals surface area contributed by atoms with E-state index in [1.807, 2.05) is 13.1 Å². The second-order valence-electron chi connectivity index (χ2n) is 10.1. The highest BCUT2D eigenvalue weighted by Gasteiger charge is 2.42. The van der Waals surface area contributed by atoms with Crippen LogP contribution in [0.2, 0.25) is 19.1 Å². The van der Waals surface area contributed by atoms with Crippen LogP contribution in [-0.4, -0.2) is 64.3 Å². The van der Waals surface area contributed by atoms with Gasteiger partial charge in [-0.2, -0.15) is 0 Å². The highest BCUT2D eigenvalue weighted by Crippen LogP contribution is 2.45. The second kappa shape index (κ2) is 11.9. The maximum Gasteiger partial charge on any atom is 0.407 e. The molecule has 0 saturated heterocycles. The third kappa shape index (κ3) is 11.8. The maximum atomic E-state index is 12.2. The van der Waals surface area contributed by atoms with Crippen LogP contribution in [0.5, 0.6) is 0 Å². The van der Waals surface area contributed by atoms with Crippen molar-refractivity contribution in [2.24, 2.45) is 10.8 Å². The van der Waals surface area contributed by atoms with Crippen LogP contribution in [0.25, 0.3) is 0 Å². The normalized spacial score (nSPS) is 23.5. The Bertz CT molecular complexity index is 552. The lowest BCUT2D eigenvalue weighted by Crippen LogP contribution is -2.50. The van der Waals surface area contributed by atoms with Crippen LogP contribution >= 0.6 is 0 Å². The summed E-state index contributed by atoms with van der Waals surface area (Å²) in [4.78, 5) is 33.6. The number of rotatable bonds is 11. The van der Waals surface area contributed by atoms with Crippen LogP contribution < -0.4 is 10.6 Å². The number of carbonyl (C=O) groups is 2. The third-order valence-corrected chi connectivity index (χ3v) is 6.82. The van der Waals surface area contributed by atoms with Gasteiger partial charge in [-0.05, 0) is 62.6 Å². The van der Waals surface area contributed by atoms with Gasteiger partial charge in [-0.25, -0.2) is 9.59 Å². The first-order valence-corrected chi connectivity index (χ1v) is 14.1. The molecule has 0 aliphatic heterocycles. The summed E-state index contributed by atoms with van der Waals surface area (Å²) in [5.74, 6) is 0. The fourth-order valence-corrected chi connectivity index (χ4v) is 5.46. The van der Waals surface area contributed by atoms with Gasteiger partial charge < -0.3 is 29.6 Å². The fraction of sp³-hybridized carbons (Fsp3) is 0.905. The van der Waals surface area contributed by atoms with Crippen LogP contribution in [0.4, 0.5) is 9.59 Å². The summed E-state index contributed by atoms with van der Waals surface area (Å²) >= 11 is 0. The molecule has 2 atom stereocenters. The average molecular weight is 447 g/mol. The Balaban J connectivity index is 2.36. The number of hydrogen-bond acceptors (Lipinski definition) is 6. The van der Waals surface area contributed by atoms with E-state index in [2.05, 4.69) is 31.4 Å². The largest absolute Gasteiger partial charge is 0.450 e. The predicted octanol–water partition coefficient (Wildman–Crippen LogP) is 3.65. The highest BCUT2D eigenvalue weighted by atomic mass is 28.4. The van der Waals surface area contributed by atoms with Gasteiger partial charge in [0.05, 0.1) is 13.2 Å². The first-order chi connectivity index (χ1) is 13.8. The summed E-state index contributed by atoms with van der Waals surface area (Å²) in [6.45, 7) is 14.0. The minimum absolute atomic E-state index is 0.0205. The lowest BCUT2D eigenvalue weighted by molar-refractivity contribution is 0.0520. The van der Waals surface area contributed by atoms with Crippen molar-refractivity contribution in [2.75, 3.05) is 33.0 Å². The summed E-state index contributed by atoms with van der Waals surface area (Å²) in [6.07, 6.45) is 2.53. The molecule has 0 radical (unpaired) electrons. The average Bonchev–Trinajstić information content (AvgIpc) is 2.57. The molecule has 0 aromatic carbocycles. The van der Waals surface area contributed by atoms with Gasteiger partial charge in [-0.15, -0.1) is 0 Å². The Morgan fingerprint density at radius 3 is 2.40 bits per heavy atom. The molecule has 9 heteroatoms. The van der Waals surface area contributed by atoms with Crippen molar-refractivity contribution in [1.82, 2.24) is 10.6 Å². The van der Waals surface area contributed by atoms with Gasteiger partial charge in [-0.3, -0.25) is 0 Å². The molecule has 2 unspecified atom stereocenters. The van der Waals surface area contributed by atoms with E-state index in [-0.39, 0.29) is 23.5 Å². The van der Waals surface area contributed by atoms with Crippen LogP contribution in [0.3, 0.4) is 0 Å².